The van der Waals surface area contributed by atoms with Crippen LogP contribution < -0.4 is 10.8 Å². The zero-order valence-electron chi connectivity index (χ0n) is 15.7. The van der Waals surface area contributed by atoms with E-state index in [0.29, 0.717) is 15.7 Å². The fourth-order valence-electron chi connectivity index (χ4n) is 2.47. The molecule has 2 aromatic carbocycles. The van der Waals surface area contributed by atoms with Gasteiger partial charge >= 0.3 is 6.09 Å². The molecule has 0 aliphatic heterocycles. The zero-order chi connectivity index (χ0) is 22.1. The van der Waals surface area contributed by atoms with Crippen LogP contribution in [-0.2, 0) is 14.3 Å². The van der Waals surface area contributed by atoms with Gasteiger partial charge in [0.1, 0.15) is 11.9 Å². The fraction of sp³-hybridized carbons (Fsp3) is 0.150. The first kappa shape index (κ1) is 22.9. The van der Waals surface area contributed by atoms with Gasteiger partial charge in [-0.3, -0.25) is 15.3 Å². The highest BCUT2D eigenvalue weighted by Gasteiger charge is 2.28. The monoisotopic (exact) mass is 475 g/mol. The van der Waals surface area contributed by atoms with Gasteiger partial charge in [-0.25, -0.2) is 10.3 Å². The molecule has 30 heavy (non-hydrogen) atoms. The van der Waals surface area contributed by atoms with Crippen LogP contribution in [0.25, 0.3) is 0 Å². The van der Waals surface area contributed by atoms with Gasteiger partial charge in [0, 0.05) is 28.9 Å². The number of rotatable bonds is 7. The van der Waals surface area contributed by atoms with E-state index in [9.17, 15) is 14.7 Å². The number of aromatic hydroxyl groups is 1. The fourth-order valence-corrected chi connectivity index (χ4v) is 2.85. The minimum absolute atomic E-state index is 0.156. The van der Waals surface area contributed by atoms with Gasteiger partial charge in [-0.1, -0.05) is 15.9 Å². The van der Waals surface area contributed by atoms with Crippen molar-refractivity contribution in [1.29, 1.82) is 5.26 Å². The average Bonchev–Trinajstić information content (AvgIpc) is 2.75. The number of amides is 2. The van der Waals surface area contributed by atoms with Crippen molar-refractivity contribution in [3.63, 3.8) is 0 Å². The van der Waals surface area contributed by atoms with Crippen LogP contribution in [0.15, 0.2) is 59.1 Å². The van der Waals surface area contributed by atoms with Gasteiger partial charge < -0.3 is 14.6 Å². The first-order valence-electron chi connectivity index (χ1n) is 8.49. The van der Waals surface area contributed by atoms with Crippen LogP contribution >= 0.6 is 15.9 Å². The molecule has 2 aromatic rings. The number of halogens is 1. The Balaban J connectivity index is 2.30. The van der Waals surface area contributed by atoms with Gasteiger partial charge in [0.2, 0.25) is 0 Å². The van der Waals surface area contributed by atoms with E-state index in [1.54, 1.807) is 12.1 Å². The predicted molar refractivity (Wildman–Crippen MR) is 110 cm³/mol. The molecule has 0 bridgehead atoms. The second kappa shape index (κ2) is 11.0. The molecule has 0 aromatic heterocycles. The van der Waals surface area contributed by atoms with Gasteiger partial charge in [0.15, 0.2) is 6.10 Å². The number of phenols is 1. The first-order chi connectivity index (χ1) is 14.4. The number of benzene rings is 2. The van der Waals surface area contributed by atoms with Crippen molar-refractivity contribution in [2.45, 2.75) is 12.2 Å². The lowest BCUT2D eigenvalue weighted by Gasteiger charge is -2.25. The number of anilines is 1. The minimum atomic E-state index is -1.14. The van der Waals surface area contributed by atoms with E-state index >= 15 is 0 Å². The molecule has 0 heterocycles. The summed E-state index contributed by atoms with van der Waals surface area (Å²) in [5.74, 6) is -0.965. The summed E-state index contributed by atoms with van der Waals surface area (Å²) >= 11 is 3.29. The number of carbonyl (C=O) groups excluding carboxylic acids is 2. The van der Waals surface area contributed by atoms with E-state index in [-0.39, 0.29) is 11.3 Å². The van der Waals surface area contributed by atoms with Crippen molar-refractivity contribution in [2.24, 2.45) is 0 Å². The quantitative estimate of drug-likeness (QED) is 0.273. The third-order valence-electron chi connectivity index (χ3n) is 3.91. The summed E-state index contributed by atoms with van der Waals surface area (Å²) < 4.78 is 11.4. The molecule has 156 valence electrons. The van der Waals surface area contributed by atoms with Gasteiger partial charge in [-0.05, 0) is 48.5 Å². The molecule has 0 radical (unpaired) electrons. The number of phenolic OH excluding ortho intramolecular Hbond substituents is 1. The Kier molecular flexibility index (Phi) is 8.37. The Hall–Kier alpha value is -3.39. The summed E-state index contributed by atoms with van der Waals surface area (Å²) in [5.41, 5.74) is 2.49. The lowest BCUT2D eigenvalue weighted by Crippen LogP contribution is -2.27. The molecule has 2 rings (SSSR count). The Bertz CT molecular complexity index is 971. The minimum Gasteiger partial charge on any atom is -0.508 e. The smallest absolute Gasteiger partial charge is 0.412 e. The second-order valence-corrected chi connectivity index (χ2v) is 6.79. The number of methoxy groups -OCH3 is 1. The molecule has 2 atom stereocenters. The Morgan fingerprint density at radius 2 is 1.93 bits per heavy atom. The molecular weight excluding hydrogens is 458 g/mol. The molecule has 0 unspecified atom stereocenters. The Morgan fingerprint density at radius 1 is 1.23 bits per heavy atom. The molecule has 10 heteroatoms. The number of nitrogens with one attached hydrogen (secondary N) is 2. The van der Waals surface area contributed by atoms with Crippen LogP contribution in [0.3, 0.4) is 0 Å². The van der Waals surface area contributed by atoms with Crippen molar-refractivity contribution >= 4 is 33.6 Å². The van der Waals surface area contributed by atoms with Crippen molar-refractivity contribution in [1.82, 2.24) is 5.48 Å². The molecule has 0 aliphatic carbocycles. The zero-order valence-corrected chi connectivity index (χ0v) is 17.3. The van der Waals surface area contributed by atoms with E-state index in [0.717, 1.165) is 6.08 Å². The molecule has 0 saturated heterocycles. The summed E-state index contributed by atoms with van der Waals surface area (Å²) in [6.45, 7) is 0. The molecule has 2 amide bonds. The van der Waals surface area contributed by atoms with E-state index in [2.05, 4.69) is 21.2 Å². The molecule has 9 nitrogen and oxygen atoms in total. The van der Waals surface area contributed by atoms with Crippen LogP contribution in [0.4, 0.5) is 10.5 Å². The third-order valence-corrected chi connectivity index (χ3v) is 4.40. The van der Waals surface area contributed by atoms with Crippen LogP contribution in [0, 0.1) is 11.3 Å². The molecule has 0 fully saturated rings. The topological polar surface area (TPSA) is 141 Å². The Labute approximate surface area is 180 Å². The number of hydroxylamine groups is 1. The second-order valence-electron chi connectivity index (χ2n) is 5.88. The number of nitriles is 1. The summed E-state index contributed by atoms with van der Waals surface area (Å²) in [6.07, 6.45) is -0.710. The van der Waals surface area contributed by atoms with Crippen molar-refractivity contribution in [3.8, 4) is 11.8 Å². The summed E-state index contributed by atoms with van der Waals surface area (Å²) in [6, 6.07) is 12.6. The third kappa shape index (κ3) is 6.31. The maximum atomic E-state index is 12.5. The first-order valence-corrected chi connectivity index (χ1v) is 9.28. The van der Waals surface area contributed by atoms with Crippen molar-refractivity contribution in [3.05, 3.63) is 70.2 Å². The van der Waals surface area contributed by atoms with E-state index in [1.165, 1.54) is 49.0 Å². The summed E-state index contributed by atoms with van der Waals surface area (Å²) in [5, 5.41) is 30.3. The van der Waals surface area contributed by atoms with Crippen molar-refractivity contribution in [2.75, 3.05) is 12.4 Å². The number of carbonyl (C=O) groups is 2. The standard InChI is InChI=1S/C20H18BrN3O6/c1-29-17(8-9-18(26)24-28)19(15-10-13(21)4-7-16(15)25)30-20(27)23-14-5-2-12(11-22)3-6-14/h2-10,17,19,25,28H,1H3,(H,23,27)(H,24,26)/b9-8+/t17-,19-/m1/s1. The average molecular weight is 476 g/mol. The predicted octanol–water partition coefficient (Wildman–Crippen LogP) is 3.39. The normalized spacial score (nSPS) is 12.6. The largest absolute Gasteiger partial charge is 0.508 e. The highest BCUT2D eigenvalue weighted by Crippen LogP contribution is 2.34. The molecule has 0 saturated carbocycles. The summed E-state index contributed by atoms with van der Waals surface area (Å²) in [7, 11) is 1.33. The van der Waals surface area contributed by atoms with Crippen LogP contribution in [0.1, 0.15) is 17.2 Å². The lowest BCUT2D eigenvalue weighted by molar-refractivity contribution is -0.124. The number of ether oxygens (including phenoxy) is 2. The molecule has 4 N–H and O–H groups in total. The van der Waals surface area contributed by atoms with Gasteiger partial charge in [-0.2, -0.15) is 5.26 Å². The SMILES string of the molecule is CO[C@H](/C=C/C(=O)NO)[C@H](OC(=O)Nc1ccc(C#N)cc1)c1cc(Br)ccc1O. The van der Waals surface area contributed by atoms with Gasteiger partial charge in [0.25, 0.3) is 5.91 Å². The van der Waals surface area contributed by atoms with Crippen LogP contribution in [0.5, 0.6) is 5.75 Å². The van der Waals surface area contributed by atoms with Crippen LogP contribution in [-0.4, -0.2) is 35.5 Å². The van der Waals surface area contributed by atoms with E-state index < -0.39 is 24.2 Å². The molecule has 0 spiro atoms. The highest BCUT2D eigenvalue weighted by atomic mass is 79.9. The number of hydrogen-bond donors (Lipinski definition) is 4. The number of hydrogen-bond acceptors (Lipinski definition) is 7. The molecule has 0 aliphatic rings. The van der Waals surface area contributed by atoms with Crippen LogP contribution in [0.2, 0.25) is 0 Å². The van der Waals surface area contributed by atoms with Gasteiger partial charge in [-0.15, -0.1) is 0 Å². The Morgan fingerprint density at radius 3 is 2.53 bits per heavy atom. The highest BCUT2D eigenvalue weighted by molar-refractivity contribution is 9.10. The van der Waals surface area contributed by atoms with E-state index in [1.807, 2.05) is 6.07 Å². The summed E-state index contributed by atoms with van der Waals surface area (Å²) in [4.78, 5) is 23.8. The van der Waals surface area contributed by atoms with Gasteiger partial charge in [0.05, 0.1) is 11.6 Å². The molecular formula is C20H18BrN3O6. The van der Waals surface area contributed by atoms with E-state index in [4.69, 9.17) is 19.9 Å². The lowest BCUT2D eigenvalue weighted by atomic mass is 10.0. The van der Waals surface area contributed by atoms with Crippen molar-refractivity contribution < 1.29 is 29.4 Å². The maximum absolute atomic E-state index is 12.5. The number of nitrogens with zero attached hydrogens (tertiary/aromatic N) is 1. The maximum Gasteiger partial charge on any atom is 0.412 e.